The van der Waals surface area contributed by atoms with Crippen LogP contribution in [0.4, 0.5) is 0 Å². The van der Waals surface area contributed by atoms with Crippen LogP contribution >= 0.6 is 0 Å². The third-order valence-corrected chi connectivity index (χ3v) is 4.45. The van der Waals surface area contributed by atoms with Crippen molar-refractivity contribution in [3.63, 3.8) is 0 Å². The summed E-state index contributed by atoms with van der Waals surface area (Å²) in [7, 11) is -3.91. The van der Waals surface area contributed by atoms with Crippen LogP contribution in [-0.4, -0.2) is 25.1 Å². The van der Waals surface area contributed by atoms with Gasteiger partial charge in [-0.2, -0.15) is 0 Å². The maximum Gasteiger partial charge on any atom is 0.238 e. The smallest absolute Gasteiger partial charge is 0.238 e. The topological polar surface area (TPSA) is 106 Å². The quantitative estimate of drug-likeness (QED) is 0.738. The van der Waals surface area contributed by atoms with E-state index in [1.807, 2.05) is 30.3 Å². The van der Waals surface area contributed by atoms with E-state index in [0.717, 1.165) is 5.56 Å². The maximum atomic E-state index is 11.9. The molecule has 24 heavy (non-hydrogen) atoms. The van der Waals surface area contributed by atoms with E-state index < -0.39 is 10.0 Å². The Bertz CT molecular complexity index is 950. The number of primary sulfonamides is 1. The van der Waals surface area contributed by atoms with E-state index >= 15 is 0 Å². The molecule has 1 heterocycles. The van der Waals surface area contributed by atoms with E-state index in [-0.39, 0.29) is 17.9 Å². The molecule has 1 aromatic heterocycles. The van der Waals surface area contributed by atoms with Crippen molar-refractivity contribution in [1.29, 1.82) is 0 Å². The predicted molar refractivity (Wildman–Crippen MR) is 89.5 cm³/mol. The molecule has 3 aromatic rings. The Kier molecular flexibility index (Phi) is 4.48. The largest absolute Gasteiger partial charge is 0.440 e. The van der Waals surface area contributed by atoms with Gasteiger partial charge in [-0.05, 0) is 6.07 Å². The number of sulfonamides is 1. The van der Waals surface area contributed by atoms with Gasteiger partial charge in [-0.3, -0.25) is 0 Å². The van der Waals surface area contributed by atoms with Crippen LogP contribution in [0.3, 0.4) is 0 Å². The molecule has 0 fully saturated rings. The highest BCUT2D eigenvalue weighted by Crippen LogP contribution is 2.35. The first-order chi connectivity index (χ1) is 11.5. The Balaban J connectivity index is 2.25. The third kappa shape index (κ3) is 3.23. The van der Waals surface area contributed by atoms with Gasteiger partial charge in [-0.25, -0.2) is 18.5 Å². The molecule has 3 rings (SSSR count). The summed E-state index contributed by atoms with van der Waals surface area (Å²) in [5.74, 6) is 0.769. The second-order valence-electron chi connectivity index (χ2n) is 5.17. The van der Waals surface area contributed by atoms with E-state index in [4.69, 9.17) is 14.7 Å². The molecule has 6 nitrogen and oxygen atoms in total. The van der Waals surface area contributed by atoms with Gasteiger partial charge in [0, 0.05) is 17.5 Å². The second kappa shape index (κ2) is 6.56. The van der Waals surface area contributed by atoms with Gasteiger partial charge in [-0.15, -0.1) is 0 Å². The number of hydrogen-bond donors (Lipinski definition) is 2. The highest BCUT2D eigenvalue weighted by molar-refractivity contribution is 7.89. The molecule has 3 N–H and O–H groups in total. The number of oxazole rings is 1. The van der Waals surface area contributed by atoms with E-state index in [1.165, 1.54) is 6.07 Å². The highest BCUT2D eigenvalue weighted by Gasteiger charge is 2.22. The number of rotatable bonds is 5. The van der Waals surface area contributed by atoms with Gasteiger partial charge in [0.05, 0.1) is 11.5 Å². The minimum atomic E-state index is -3.91. The zero-order chi connectivity index (χ0) is 17.2. The van der Waals surface area contributed by atoms with Crippen molar-refractivity contribution in [2.75, 3.05) is 6.61 Å². The van der Waals surface area contributed by atoms with Crippen molar-refractivity contribution in [2.45, 2.75) is 11.3 Å². The van der Waals surface area contributed by atoms with Crippen LogP contribution in [0.1, 0.15) is 5.89 Å². The van der Waals surface area contributed by atoms with E-state index in [2.05, 4.69) is 4.98 Å². The zero-order valence-corrected chi connectivity index (χ0v) is 13.5. The summed E-state index contributed by atoms with van der Waals surface area (Å²) in [6.07, 6.45) is 0.234. The number of nitrogens with two attached hydrogens (primary N) is 1. The normalized spacial score (nSPS) is 11.6. The van der Waals surface area contributed by atoms with Crippen LogP contribution in [-0.2, 0) is 16.4 Å². The molecule has 0 saturated carbocycles. The molecule has 0 aliphatic carbocycles. The number of aliphatic hydroxyl groups is 1. The van der Waals surface area contributed by atoms with Crippen molar-refractivity contribution in [3.05, 3.63) is 60.5 Å². The molecular formula is C17H16N2O4S. The van der Waals surface area contributed by atoms with Crippen LogP contribution in [0.15, 0.2) is 63.9 Å². The van der Waals surface area contributed by atoms with E-state index in [9.17, 15) is 8.42 Å². The summed E-state index contributed by atoms with van der Waals surface area (Å²) in [6.45, 7) is -0.120. The highest BCUT2D eigenvalue weighted by atomic mass is 32.2. The molecular weight excluding hydrogens is 328 g/mol. The fourth-order valence-corrected chi connectivity index (χ4v) is 3.18. The molecule has 0 aliphatic rings. The van der Waals surface area contributed by atoms with Gasteiger partial charge in [0.25, 0.3) is 0 Å². The lowest BCUT2D eigenvalue weighted by Gasteiger charge is -2.06. The minimum Gasteiger partial charge on any atom is -0.440 e. The molecule has 0 aliphatic heterocycles. The summed E-state index contributed by atoms with van der Waals surface area (Å²) in [6, 6.07) is 15.6. The average molecular weight is 344 g/mol. The van der Waals surface area contributed by atoms with Gasteiger partial charge in [0.2, 0.25) is 10.0 Å². The molecule has 2 aromatic carbocycles. The lowest BCUT2D eigenvalue weighted by molar-refractivity contribution is 0.285. The maximum absolute atomic E-state index is 11.9. The SMILES string of the molecule is NS(=O)(=O)c1ccccc1-c1nc(CCO)oc1-c1ccccc1. The predicted octanol–water partition coefficient (Wildman–Crippen LogP) is 2.19. The molecule has 0 bridgehead atoms. The van der Waals surface area contributed by atoms with Crippen molar-refractivity contribution in [2.24, 2.45) is 5.14 Å². The van der Waals surface area contributed by atoms with Crippen LogP contribution in [0.5, 0.6) is 0 Å². The van der Waals surface area contributed by atoms with Crippen LogP contribution in [0.2, 0.25) is 0 Å². The molecule has 7 heteroatoms. The molecule has 0 unspecified atom stereocenters. The van der Waals surface area contributed by atoms with Gasteiger partial charge >= 0.3 is 0 Å². The van der Waals surface area contributed by atoms with Gasteiger partial charge < -0.3 is 9.52 Å². The Morgan fingerprint density at radius 2 is 1.71 bits per heavy atom. The number of hydrogen-bond acceptors (Lipinski definition) is 5. The molecule has 0 radical (unpaired) electrons. The first-order valence-corrected chi connectivity index (χ1v) is 8.83. The summed E-state index contributed by atoms with van der Waals surface area (Å²) < 4.78 is 29.5. The second-order valence-corrected chi connectivity index (χ2v) is 6.70. The summed E-state index contributed by atoms with van der Waals surface area (Å²) in [5, 5.41) is 14.5. The Morgan fingerprint density at radius 1 is 1.04 bits per heavy atom. The summed E-state index contributed by atoms with van der Waals surface area (Å²) >= 11 is 0. The first kappa shape index (κ1) is 16.4. The molecule has 0 amide bonds. The third-order valence-electron chi connectivity index (χ3n) is 3.48. The number of aromatic nitrogens is 1. The average Bonchev–Trinajstić information content (AvgIpc) is 2.99. The van der Waals surface area contributed by atoms with Crippen LogP contribution in [0.25, 0.3) is 22.6 Å². The van der Waals surface area contributed by atoms with Crippen LogP contribution < -0.4 is 5.14 Å². The minimum absolute atomic E-state index is 0.0222. The first-order valence-electron chi connectivity index (χ1n) is 7.29. The van der Waals surface area contributed by atoms with Crippen molar-refractivity contribution < 1.29 is 17.9 Å². The van der Waals surface area contributed by atoms with Crippen molar-refractivity contribution in [3.8, 4) is 22.6 Å². The van der Waals surface area contributed by atoms with Gasteiger partial charge in [-0.1, -0.05) is 48.5 Å². The van der Waals surface area contributed by atoms with Gasteiger partial charge in [0.1, 0.15) is 5.69 Å². The standard InChI is InChI=1S/C17H16N2O4S/c18-24(21,22)14-9-5-4-8-13(14)16-17(12-6-2-1-3-7-12)23-15(19-16)10-11-20/h1-9,20H,10-11H2,(H2,18,21,22). The zero-order valence-electron chi connectivity index (χ0n) is 12.7. The lowest BCUT2D eigenvalue weighted by Crippen LogP contribution is -2.13. The van der Waals surface area contributed by atoms with Crippen molar-refractivity contribution in [1.82, 2.24) is 4.98 Å². The fraction of sp³-hybridized carbons (Fsp3) is 0.118. The van der Waals surface area contributed by atoms with Gasteiger partial charge in [0.15, 0.2) is 11.7 Å². The monoisotopic (exact) mass is 344 g/mol. The summed E-state index contributed by atoms with van der Waals surface area (Å²) in [4.78, 5) is 4.35. The fourth-order valence-electron chi connectivity index (χ4n) is 2.45. The lowest BCUT2D eigenvalue weighted by atomic mass is 10.1. The van der Waals surface area contributed by atoms with E-state index in [0.29, 0.717) is 22.9 Å². The summed E-state index contributed by atoms with van der Waals surface area (Å²) in [5.41, 5.74) is 1.51. The molecule has 0 saturated heterocycles. The Labute approximate surface area is 139 Å². The van der Waals surface area contributed by atoms with Crippen LogP contribution in [0, 0.1) is 0 Å². The Hall–Kier alpha value is -2.48. The Morgan fingerprint density at radius 3 is 2.38 bits per heavy atom. The molecule has 0 atom stereocenters. The number of benzene rings is 2. The molecule has 0 spiro atoms. The van der Waals surface area contributed by atoms with Crippen molar-refractivity contribution >= 4 is 10.0 Å². The molecule has 124 valence electrons. The number of nitrogens with zero attached hydrogens (tertiary/aromatic N) is 1. The number of aliphatic hydroxyl groups excluding tert-OH is 1. The van der Waals surface area contributed by atoms with E-state index in [1.54, 1.807) is 18.2 Å².